The van der Waals surface area contributed by atoms with Crippen molar-refractivity contribution in [1.82, 2.24) is 0 Å². The summed E-state index contributed by atoms with van der Waals surface area (Å²) in [5, 5.41) is 5.84. The number of hydrogen-bond acceptors (Lipinski definition) is 2. The van der Waals surface area contributed by atoms with E-state index in [4.69, 9.17) is 0 Å². The van der Waals surface area contributed by atoms with E-state index in [-0.39, 0.29) is 11.8 Å². The van der Waals surface area contributed by atoms with Gasteiger partial charge in [0.15, 0.2) is 0 Å². The Morgan fingerprint density at radius 3 is 1.03 bits per heavy atom. The van der Waals surface area contributed by atoms with Gasteiger partial charge in [-0.1, -0.05) is 97.1 Å². The SMILES string of the molecule is O=C(Nc1ccccc1NC(=O)c1ccc(-c2ccccc2)cc1)c1ccc(-c2ccccc2)cc1. The quantitative estimate of drug-likeness (QED) is 0.271. The number of carbonyl (C=O) groups is 2. The fourth-order valence-electron chi connectivity index (χ4n) is 3.98. The molecule has 0 saturated heterocycles. The first-order valence-electron chi connectivity index (χ1n) is 11.7. The van der Waals surface area contributed by atoms with E-state index in [0.29, 0.717) is 22.5 Å². The van der Waals surface area contributed by atoms with Crippen LogP contribution in [-0.4, -0.2) is 11.8 Å². The summed E-state index contributed by atoms with van der Waals surface area (Å²) >= 11 is 0. The number of amides is 2. The summed E-state index contributed by atoms with van der Waals surface area (Å²) in [4.78, 5) is 25.8. The Labute approximate surface area is 210 Å². The Morgan fingerprint density at radius 1 is 0.361 bits per heavy atom. The lowest BCUT2D eigenvalue weighted by atomic mass is 10.0. The minimum atomic E-state index is -0.247. The molecule has 0 saturated carbocycles. The van der Waals surface area contributed by atoms with Crippen molar-refractivity contribution in [3.05, 3.63) is 145 Å². The summed E-state index contributed by atoms with van der Waals surface area (Å²) in [6.45, 7) is 0. The number of nitrogens with one attached hydrogen (secondary N) is 2. The van der Waals surface area contributed by atoms with Gasteiger partial charge in [0.25, 0.3) is 11.8 Å². The number of rotatable bonds is 6. The van der Waals surface area contributed by atoms with Gasteiger partial charge in [-0.15, -0.1) is 0 Å². The first-order valence-corrected chi connectivity index (χ1v) is 11.7. The molecule has 0 fully saturated rings. The molecular weight excluding hydrogens is 444 g/mol. The molecule has 5 aromatic rings. The molecule has 0 aliphatic heterocycles. The molecule has 4 nitrogen and oxygen atoms in total. The van der Waals surface area contributed by atoms with Crippen LogP contribution in [0.25, 0.3) is 22.3 Å². The molecule has 4 heteroatoms. The topological polar surface area (TPSA) is 58.2 Å². The Morgan fingerprint density at radius 2 is 0.667 bits per heavy atom. The zero-order valence-corrected chi connectivity index (χ0v) is 19.5. The predicted octanol–water partition coefficient (Wildman–Crippen LogP) is 7.53. The van der Waals surface area contributed by atoms with Crippen LogP contribution in [-0.2, 0) is 0 Å². The fraction of sp³-hybridized carbons (Fsp3) is 0. The van der Waals surface area contributed by atoms with Crippen molar-refractivity contribution >= 4 is 23.2 Å². The molecule has 0 unspecified atom stereocenters. The van der Waals surface area contributed by atoms with E-state index in [1.54, 1.807) is 36.4 Å². The van der Waals surface area contributed by atoms with E-state index in [0.717, 1.165) is 22.3 Å². The number of hydrogen-bond donors (Lipinski definition) is 2. The number of para-hydroxylation sites is 2. The van der Waals surface area contributed by atoms with Crippen LogP contribution in [0.15, 0.2) is 133 Å². The average molecular weight is 469 g/mol. The zero-order valence-electron chi connectivity index (χ0n) is 19.5. The maximum atomic E-state index is 12.9. The Bertz CT molecular complexity index is 1360. The predicted molar refractivity (Wildman–Crippen MR) is 146 cm³/mol. The normalized spacial score (nSPS) is 10.4. The number of carbonyl (C=O) groups excluding carboxylic acids is 2. The summed E-state index contributed by atoms with van der Waals surface area (Å²) in [7, 11) is 0. The summed E-state index contributed by atoms with van der Waals surface area (Å²) in [5.74, 6) is -0.493. The zero-order chi connectivity index (χ0) is 24.7. The largest absolute Gasteiger partial charge is 0.320 e. The van der Waals surface area contributed by atoms with Crippen LogP contribution >= 0.6 is 0 Å². The van der Waals surface area contributed by atoms with Gasteiger partial charge in [-0.3, -0.25) is 9.59 Å². The number of anilines is 2. The van der Waals surface area contributed by atoms with Crippen molar-refractivity contribution in [3.8, 4) is 22.3 Å². The second kappa shape index (κ2) is 10.5. The van der Waals surface area contributed by atoms with Crippen molar-refractivity contribution in [2.75, 3.05) is 10.6 Å². The first kappa shape index (κ1) is 22.8. The van der Waals surface area contributed by atoms with E-state index >= 15 is 0 Å². The molecule has 0 aliphatic rings. The van der Waals surface area contributed by atoms with Crippen molar-refractivity contribution in [3.63, 3.8) is 0 Å². The van der Waals surface area contributed by atoms with Gasteiger partial charge in [0, 0.05) is 11.1 Å². The summed E-state index contributed by atoms with van der Waals surface area (Å²) in [6, 6.07) is 42.1. The molecule has 174 valence electrons. The van der Waals surface area contributed by atoms with E-state index in [9.17, 15) is 9.59 Å². The van der Waals surface area contributed by atoms with Gasteiger partial charge in [0.05, 0.1) is 11.4 Å². The molecule has 0 heterocycles. The van der Waals surface area contributed by atoms with E-state index in [2.05, 4.69) is 10.6 Å². The Hall–Kier alpha value is -4.96. The van der Waals surface area contributed by atoms with Gasteiger partial charge >= 0.3 is 0 Å². The lowest BCUT2D eigenvalue weighted by Gasteiger charge is -2.13. The first-order chi connectivity index (χ1) is 17.7. The van der Waals surface area contributed by atoms with Crippen molar-refractivity contribution in [2.45, 2.75) is 0 Å². The smallest absolute Gasteiger partial charge is 0.255 e. The average Bonchev–Trinajstić information content (AvgIpc) is 2.95. The van der Waals surface area contributed by atoms with Crippen LogP contribution in [0.2, 0.25) is 0 Å². The molecule has 0 atom stereocenters. The highest BCUT2D eigenvalue weighted by molar-refractivity contribution is 6.10. The van der Waals surface area contributed by atoms with Crippen molar-refractivity contribution in [2.24, 2.45) is 0 Å². The maximum Gasteiger partial charge on any atom is 0.255 e. The third kappa shape index (κ3) is 5.24. The van der Waals surface area contributed by atoms with Crippen LogP contribution < -0.4 is 10.6 Å². The molecule has 2 amide bonds. The minimum Gasteiger partial charge on any atom is -0.320 e. The van der Waals surface area contributed by atoms with Gasteiger partial charge in [-0.2, -0.15) is 0 Å². The molecule has 0 bridgehead atoms. The molecule has 0 aliphatic carbocycles. The van der Waals surface area contributed by atoms with Gasteiger partial charge in [0.1, 0.15) is 0 Å². The molecule has 0 radical (unpaired) electrons. The Kier molecular flexibility index (Phi) is 6.68. The van der Waals surface area contributed by atoms with Crippen LogP contribution in [0.1, 0.15) is 20.7 Å². The summed E-state index contributed by atoms with van der Waals surface area (Å²) < 4.78 is 0. The Balaban J connectivity index is 1.28. The van der Waals surface area contributed by atoms with Crippen LogP contribution in [0.4, 0.5) is 11.4 Å². The third-order valence-electron chi connectivity index (χ3n) is 5.93. The highest BCUT2D eigenvalue weighted by atomic mass is 16.2. The molecule has 0 aromatic heterocycles. The summed E-state index contributed by atoms with van der Waals surface area (Å²) in [5.41, 5.74) is 6.40. The number of benzene rings is 5. The highest BCUT2D eigenvalue weighted by Crippen LogP contribution is 2.25. The van der Waals surface area contributed by atoms with Gasteiger partial charge in [-0.05, 0) is 58.7 Å². The molecular formula is C32H24N2O2. The molecule has 2 N–H and O–H groups in total. The van der Waals surface area contributed by atoms with E-state index in [1.165, 1.54) is 0 Å². The van der Waals surface area contributed by atoms with Crippen molar-refractivity contribution < 1.29 is 9.59 Å². The van der Waals surface area contributed by atoms with Crippen LogP contribution in [0.3, 0.4) is 0 Å². The molecule has 5 rings (SSSR count). The summed E-state index contributed by atoms with van der Waals surface area (Å²) in [6.07, 6.45) is 0. The second-order valence-electron chi connectivity index (χ2n) is 8.34. The monoisotopic (exact) mass is 468 g/mol. The van der Waals surface area contributed by atoms with E-state index in [1.807, 2.05) is 97.1 Å². The van der Waals surface area contributed by atoms with Crippen LogP contribution in [0, 0.1) is 0 Å². The van der Waals surface area contributed by atoms with Gasteiger partial charge in [-0.25, -0.2) is 0 Å². The second-order valence-corrected chi connectivity index (χ2v) is 8.34. The molecule has 36 heavy (non-hydrogen) atoms. The van der Waals surface area contributed by atoms with E-state index < -0.39 is 0 Å². The maximum absolute atomic E-state index is 12.9. The lowest BCUT2D eigenvalue weighted by molar-refractivity contribution is 0.101. The highest BCUT2D eigenvalue weighted by Gasteiger charge is 2.13. The molecule has 5 aromatic carbocycles. The van der Waals surface area contributed by atoms with Crippen molar-refractivity contribution in [1.29, 1.82) is 0 Å². The third-order valence-corrected chi connectivity index (χ3v) is 5.93. The fourth-order valence-corrected chi connectivity index (χ4v) is 3.98. The van der Waals surface area contributed by atoms with Crippen LogP contribution in [0.5, 0.6) is 0 Å². The van der Waals surface area contributed by atoms with Gasteiger partial charge in [0.2, 0.25) is 0 Å². The molecule has 0 spiro atoms. The minimum absolute atomic E-state index is 0.247. The van der Waals surface area contributed by atoms with Gasteiger partial charge < -0.3 is 10.6 Å². The standard InChI is InChI=1S/C32H24N2O2/c35-31(27-19-15-25(16-20-27)23-9-3-1-4-10-23)33-29-13-7-8-14-30(29)34-32(36)28-21-17-26(18-22-28)24-11-5-2-6-12-24/h1-22H,(H,33,35)(H,34,36). The lowest BCUT2D eigenvalue weighted by Crippen LogP contribution is -2.16.